The van der Waals surface area contributed by atoms with Crippen LogP contribution in [0.5, 0.6) is 0 Å². The van der Waals surface area contributed by atoms with Crippen LogP contribution < -0.4 is 4.90 Å². The molecule has 1 aromatic carbocycles. The molecule has 1 amide bonds. The number of carbonyl (C=O) groups excluding carboxylic acids is 1. The molecule has 0 bridgehead atoms. The van der Waals surface area contributed by atoms with Crippen molar-refractivity contribution in [2.45, 2.75) is 25.4 Å². The van der Waals surface area contributed by atoms with Crippen LogP contribution in [0.1, 0.15) is 18.4 Å². The molecule has 7 heteroatoms. The van der Waals surface area contributed by atoms with Crippen LogP contribution in [-0.4, -0.2) is 54.9 Å². The number of rotatable bonds is 7. The first-order chi connectivity index (χ1) is 10.9. The Kier molecular flexibility index (Phi) is 6.01. The third-order valence-corrected chi connectivity index (χ3v) is 3.87. The van der Waals surface area contributed by atoms with Crippen molar-refractivity contribution in [1.29, 1.82) is 0 Å². The summed E-state index contributed by atoms with van der Waals surface area (Å²) < 4.78 is 37.7. The van der Waals surface area contributed by atoms with E-state index in [-0.39, 0.29) is 38.4 Å². The maximum Gasteiger partial charge on any atom is 0.401 e. The van der Waals surface area contributed by atoms with Crippen molar-refractivity contribution >= 4 is 11.6 Å². The van der Waals surface area contributed by atoms with Crippen LogP contribution in [0.15, 0.2) is 24.3 Å². The standard InChI is InChI=1S/C16H21F3N2O2/c17-16(18,19)12-20(8-3-11-22)9-7-15(23)21-10-6-13-4-1-2-5-14(13)21/h1-2,4-5,22H,3,6-12H2. The summed E-state index contributed by atoms with van der Waals surface area (Å²) in [7, 11) is 0. The molecule has 0 fully saturated rings. The van der Waals surface area contributed by atoms with E-state index < -0.39 is 12.7 Å². The maximum atomic E-state index is 12.6. The van der Waals surface area contributed by atoms with Crippen LogP contribution in [0.3, 0.4) is 0 Å². The molecule has 1 N–H and O–H groups in total. The summed E-state index contributed by atoms with van der Waals surface area (Å²) in [5.74, 6) is -0.161. The highest BCUT2D eigenvalue weighted by Gasteiger charge is 2.31. The van der Waals surface area contributed by atoms with Crippen LogP contribution in [0, 0.1) is 0 Å². The summed E-state index contributed by atoms with van der Waals surface area (Å²) in [5.41, 5.74) is 1.95. The van der Waals surface area contributed by atoms with Crippen LogP contribution in [-0.2, 0) is 11.2 Å². The van der Waals surface area contributed by atoms with Gasteiger partial charge in [0.05, 0.1) is 6.54 Å². The van der Waals surface area contributed by atoms with Crippen molar-refractivity contribution in [3.63, 3.8) is 0 Å². The quantitative estimate of drug-likeness (QED) is 0.834. The first-order valence-corrected chi connectivity index (χ1v) is 7.69. The Bertz CT molecular complexity index is 534. The van der Waals surface area contributed by atoms with Gasteiger partial charge in [-0.05, 0) is 24.5 Å². The van der Waals surface area contributed by atoms with Gasteiger partial charge in [0.2, 0.25) is 5.91 Å². The smallest absolute Gasteiger partial charge is 0.396 e. The fourth-order valence-electron chi connectivity index (χ4n) is 2.80. The molecule has 1 aliphatic heterocycles. The fourth-order valence-corrected chi connectivity index (χ4v) is 2.80. The first kappa shape index (κ1) is 17.7. The molecule has 0 aliphatic carbocycles. The second-order valence-corrected chi connectivity index (χ2v) is 5.64. The molecule has 0 saturated carbocycles. The zero-order valence-electron chi connectivity index (χ0n) is 12.9. The molecule has 1 aliphatic rings. The summed E-state index contributed by atoms with van der Waals surface area (Å²) in [6.07, 6.45) is -3.23. The van der Waals surface area contributed by atoms with Gasteiger partial charge in [-0.2, -0.15) is 13.2 Å². The van der Waals surface area contributed by atoms with Crippen molar-refractivity contribution in [3.8, 4) is 0 Å². The lowest BCUT2D eigenvalue weighted by Gasteiger charge is -2.24. The Balaban J connectivity index is 1.91. The Labute approximate surface area is 133 Å². The average molecular weight is 330 g/mol. The molecule has 4 nitrogen and oxygen atoms in total. The van der Waals surface area contributed by atoms with Crippen molar-refractivity contribution in [1.82, 2.24) is 4.90 Å². The van der Waals surface area contributed by atoms with Gasteiger partial charge in [0.1, 0.15) is 0 Å². The minimum Gasteiger partial charge on any atom is -0.396 e. The van der Waals surface area contributed by atoms with E-state index in [4.69, 9.17) is 5.11 Å². The van der Waals surface area contributed by atoms with E-state index in [0.717, 1.165) is 17.7 Å². The van der Waals surface area contributed by atoms with Gasteiger partial charge in [-0.25, -0.2) is 0 Å². The van der Waals surface area contributed by atoms with Gasteiger partial charge in [0, 0.05) is 38.3 Å². The summed E-state index contributed by atoms with van der Waals surface area (Å²) in [6.45, 7) is -0.482. The molecule has 1 heterocycles. The highest BCUT2D eigenvalue weighted by molar-refractivity contribution is 5.95. The van der Waals surface area contributed by atoms with Crippen molar-refractivity contribution in [3.05, 3.63) is 29.8 Å². The van der Waals surface area contributed by atoms with Crippen molar-refractivity contribution in [2.75, 3.05) is 37.7 Å². The van der Waals surface area contributed by atoms with Gasteiger partial charge in [0.25, 0.3) is 0 Å². The summed E-state index contributed by atoms with van der Waals surface area (Å²) in [6, 6.07) is 7.58. The summed E-state index contributed by atoms with van der Waals surface area (Å²) >= 11 is 0. The normalized spacial score (nSPS) is 14.4. The van der Waals surface area contributed by atoms with E-state index in [1.165, 1.54) is 4.90 Å². The number of aliphatic hydroxyl groups excluding tert-OH is 1. The van der Waals surface area contributed by atoms with Gasteiger partial charge in [-0.15, -0.1) is 0 Å². The number of carbonyl (C=O) groups is 1. The number of hydrogen-bond donors (Lipinski definition) is 1. The molecular formula is C16H21F3N2O2. The zero-order valence-corrected chi connectivity index (χ0v) is 12.9. The fraction of sp³-hybridized carbons (Fsp3) is 0.562. The lowest BCUT2D eigenvalue weighted by molar-refractivity contribution is -0.147. The molecule has 1 aromatic rings. The van der Waals surface area contributed by atoms with Gasteiger partial charge in [-0.1, -0.05) is 18.2 Å². The molecule has 0 atom stereocenters. The van der Waals surface area contributed by atoms with Gasteiger partial charge in [0.15, 0.2) is 0 Å². The van der Waals surface area contributed by atoms with Crippen LogP contribution in [0.4, 0.5) is 18.9 Å². The summed E-state index contributed by atoms with van der Waals surface area (Å²) in [5, 5.41) is 8.79. The van der Waals surface area contributed by atoms with E-state index in [9.17, 15) is 18.0 Å². The number of benzene rings is 1. The van der Waals surface area contributed by atoms with Crippen LogP contribution in [0.25, 0.3) is 0 Å². The minimum absolute atomic E-state index is 0.0375. The highest BCUT2D eigenvalue weighted by atomic mass is 19.4. The molecule has 0 radical (unpaired) electrons. The third kappa shape index (κ3) is 5.21. The maximum absolute atomic E-state index is 12.6. The van der Waals surface area contributed by atoms with Gasteiger partial charge in [-0.3, -0.25) is 9.69 Å². The largest absolute Gasteiger partial charge is 0.401 e. The number of nitrogens with zero attached hydrogens (tertiary/aromatic N) is 2. The molecule has 128 valence electrons. The summed E-state index contributed by atoms with van der Waals surface area (Å²) in [4.78, 5) is 15.1. The second kappa shape index (κ2) is 7.79. The Morgan fingerprint density at radius 2 is 2.00 bits per heavy atom. The third-order valence-electron chi connectivity index (χ3n) is 3.87. The van der Waals surface area contributed by atoms with Gasteiger partial charge >= 0.3 is 6.18 Å². The van der Waals surface area contributed by atoms with Gasteiger partial charge < -0.3 is 10.0 Å². The molecule has 23 heavy (non-hydrogen) atoms. The number of aliphatic hydroxyl groups is 1. The average Bonchev–Trinajstić information content (AvgIpc) is 2.92. The van der Waals surface area contributed by atoms with E-state index in [1.54, 1.807) is 4.90 Å². The predicted octanol–water partition coefficient (Wildman–Crippen LogP) is 2.21. The number of amides is 1. The molecular weight excluding hydrogens is 309 g/mol. The number of hydrogen-bond acceptors (Lipinski definition) is 3. The van der Waals surface area contributed by atoms with Crippen LogP contribution in [0.2, 0.25) is 0 Å². The Morgan fingerprint density at radius 1 is 1.26 bits per heavy atom. The molecule has 2 rings (SSSR count). The SMILES string of the molecule is O=C(CCN(CCCO)CC(F)(F)F)N1CCc2ccccc21. The first-order valence-electron chi connectivity index (χ1n) is 7.69. The van der Waals surface area contributed by atoms with E-state index in [0.29, 0.717) is 6.54 Å². The van der Waals surface area contributed by atoms with E-state index in [2.05, 4.69) is 0 Å². The monoisotopic (exact) mass is 330 g/mol. The predicted molar refractivity (Wildman–Crippen MR) is 81.3 cm³/mol. The van der Waals surface area contributed by atoms with Crippen LogP contribution >= 0.6 is 0 Å². The lowest BCUT2D eigenvalue weighted by atomic mass is 10.2. The topological polar surface area (TPSA) is 43.8 Å². The number of halogens is 3. The number of alkyl halides is 3. The molecule has 0 spiro atoms. The lowest BCUT2D eigenvalue weighted by Crippen LogP contribution is -2.39. The second-order valence-electron chi connectivity index (χ2n) is 5.64. The molecule has 0 saturated heterocycles. The van der Waals surface area contributed by atoms with Crippen molar-refractivity contribution in [2.24, 2.45) is 0 Å². The van der Waals surface area contributed by atoms with Crippen molar-refractivity contribution < 1.29 is 23.1 Å². The zero-order chi connectivity index (χ0) is 16.9. The molecule has 0 unspecified atom stereocenters. The Hall–Kier alpha value is -1.60. The number of fused-ring (bicyclic) bond motifs is 1. The van der Waals surface area contributed by atoms with E-state index >= 15 is 0 Å². The minimum atomic E-state index is -4.31. The highest BCUT2D eigenvalue weighted by Crippen LogP contribution is 2.28. The van der Waals surface area contributed by atoms with E-state index in [1.807, 2.05) is 24.3 Å². The number of anilines is 1. The molecule has 0 aromatic heterocycles. The Morgan fingerprint density at radius 3 is 2.70 bits per heavy atom. The number of para-hydroxylation sites is 1.